The van der Waals surface area contributed by atoms with Crippen molar-refractivity contribution in [2.24, 2.45) is 22.6 Å². The van der Waals surface area contributed by atoms with Gasteiger partial charge in [0.2, 0.25) is 0 Å². The third kappa shape index (κ3) is 2.58. The Morgan fingerprint density at radius 1 is 1.12 bits per heavy atom. The van der Waals surface area contributed by atoms with Crippen molar-refractivity contribution in [1.82, 2.24) is 4.90 Å². The number of nitrogens with zero attached hydrogens (tertiary/aromatic N) is 2. The lowest BCUT2D eigenvalue weighted by molar-refractivity contribution is 0.318. The number of hydrogen-bond acceptors (Lipinski definition) is 1. The van der Waals surface area contributed by atoms with Crippen LogP contribution in [0, 0.1) is 11.8 Å². The summed E-state index contributed by atoms with van der Waals surface area (Å²) in [6.45, 7) is 0. The molecule has 3 aliphatic carbocycles. The first-order chi connectivity index (χ1) is 8.25. The fourth-order valence-corrected chi connectivity index (χ4v) is 3.33. The van der Waals surface area contributed by atoms with Crippen molar-refractivity contribution >= 4 is 5.96 Å². The number of guanidine groups is 1. The van der Waals surface area contributed by atoms with Crippen LogP contribution < -0.4 is 5.73 Å². The van der Waals surface area contributed by atoms with Gasteiger partial charge in [-0.05, 0) is 31.1 Å². The van der Waals surface area contributed by atoms with Gasteiger partial charge < -0.3 is 10.6 Å². The van der Waals surface area contributed by atoms with Crippen LogP contribution in [-0.2, 0) is 0 Å². The van der Waals surface area contributed by atoms with E-state index in [0.717, 1.165) is 17.8 Å². The number of nitrogens with two attached hydrogens (primary N) is 1. The summed E-state index contributed by atoms with van der Waals surface area (Å²) >= 11 is 0. The Bertz CT molecular complexity index is 303. The molecule has 0 radical (unpaired) electrons. The number of hydrogen-bond donors (Lipinski definition) is 1. The zero-order valence-corrected chi connectivity index (χ0v) is 10.9. The molecule has 3 saturated carbocycles. The lowest BCUT2D eigenvalue weighted by Gasteiger charge is -2.21. The maximum atomic E-state index is 6.07. The molecular weight excluding hydrogens is 210 g/mol. The highest BCUT2D eigenvalue weighted by Crippen LogP contribution is 2.46. The van der Waals surface area contributed by atoms with Gasteiger partial charge in [0.25, 0.3) is 0 Å². The van der Waals surface area contributed by atoms with Gasteiger partial charge in [0.05, 0.1) is 6.04 Å². The Morgan fingerprint density at radius 3 is 2.47 bits per heavy atom. The molecule has 2 unspecified atom stereocenters. The highest BCUT2D eigenvalue weighted by molar-refractivity contribution is 5.78. The Labute approximate surface area is 104 Å². The summed E-state index contributed by atoms with van der Waals surface area (Å²) in [7, 11) is 2.09. The molecule has 3 aliphatic rings. The van der Waals surface area contributed by atoms with E-state index in [2.05, 4.69) is 11.9 Å². The molecule has 3 rings (SSSR count). The van der Waals surface area contributed by atoms with E-state index in [1.165, 1.54) is 51.4 Å². The van der Waals surface area contributed by atoms with Gasteiger partial charge in [0.15, 0.2) is 5.96 Å². The smallest absolute Gasteiger partial charge is 0.191 e. The van der Waals surface area contributed by atoms with E-state index in [4.69, 9.17) is 10.7 Å². The zero-order valence-electron chi connectivity index (χ0n) is 10.9. The van der Waals surface area contributed by atoms with E-state index in [1.54, 1.807) is 0 Å². The predicted molar refractivity (Wildman–Crippen MR) is 70.9 cm³/mol. The maximum Gasteiger partial charge on any atom is 0.191 e. The summed E-state index contributed by atoms with van der Waals surface area (Å²) in [5, 5.41) is 0. The number of aliphatic imine (C=N–C) groups is 1. The lowest BCUT2D eigenvalue weighted by Crippen LogP contribution is -2.36. The lowest BCUT2D eigenvalue weighted by atomic mass is 9.85. The average molecular weight is 235 g/mol. The third-order valence-corrected chi connectivity index (χ3v) is 4.81. The summed E-state index contributed by atoms with van der Waals surface area (Å²) < 4.78 is 0. The summed E-state index contributed by atoms with van der Waals surface area (Å²) in [4.78, 5) is 6.90. The predicted octanol–water partition coefficient (Wildman–Crippen LogP) is 2.36. The molecule has 0 amide bonds. The molecule has 17 heavy (non-hydrogen) atoms. The van der Waals surface area contributed by atoms with Crippen LogP contribution in [0.25, 0.3) is 0 Å². The van der Waals surface area contributed by atoms with Gasteiger partial charge in [-0.1, -0.05) is 32.1 Å². The number of rotatable bonds is 3. The SMILES string of the molecule is CN(C(N)=NC1CC1C1CCCCC1)C1CC1. The minimum Gasteiger partial charge on any atom is -0.370 e. The summed E-state index contributed by atoms with van der Waals surface area (Å²) in [6.07, 6.45) is 11.1. The molecule has 0 bridgehead atoms. The van der Waals surface area contributed by atoms with Crippen LogP contribution in [0.5, 0.6) is 0 Å². The first-order valence-corrected chi connectivity index (χ1v) is 7.32. The van der Waals surface area contributed by atoms with Gasteiger partial charge in [-0.2, -0.15) is 0 Å². The van der Waals surface area contributed by atoms with E-state index >= 15 is 0 Å². The molecule has 0 saturated heterocycles. The fourth-order valence-electron chi connectivity index (χ4n) is 3.33. The molecule has 0 aromatic carbocycles. The van der Waals surface area contributed by atoms with Crippen molar-refractivity contribution in [1.29, 1.82) is 0 Å². The molecule has 3 nitrogen and oxygen atoms in total. The first-order valence-electron chi connectivity index (χ1n) is 7.32. The van der Waals surface area contributed by atoms with Crippen LogP contribution in [-0.4, -0.2) is 30.0 Å². The van der Waals surface area contributed by atoms with Crippen molar-refractivity contribution in [3.63, 3.8) is 0 Å². The standard InChI is InChI=1S/C14H25N3/c1-17(11-7-8-11)14(15)16-13-9-12(13)10-5-3-2-4-6-10/h10-13H,2-9H2,1H3,(H2,15,16). The maximum absolute atomic E-state index is 6.07. The topological polar surface area (TPSA) is 41.6 Å². The molecule has 96 valence electrons. The molecule has 0 aliphatic heterocycles. The van der Waals surface area contributed by atoms with E-state index in [-0.39, 0.29) is 0 Å². The Hall–Kier alpha value is -0.730. The second-order valence-electron chi connectivity index (χ2n) is 6.19. The van der Waals surface area contributed by atoms with Gasteiger partial charge in [0, 0.05) is 13.1 Å². The Balaban J connectivity index is 1.51. The largest absolute Gasteiger partial charge is 0.370 e. The highest BCUT2D eigenvalue weighted by atomic mass is 15.3. The second-order valence-corrected chi connectivity index (χ2v) is 6.19. The minimum absolute atomic E-state index is 0.555. The molecule has 0 spiro atoms. The molecule has 0 aromatic heterocycles. The van der Waals surface area contributed by atoms with Crippen molar-refractivity contribution in [2.75, 3.05) is 7.05 Å². The Morgan fingerprint density at radius 2 is 1.82 bits per heavy atom. The van der Waals surface area contributed by atoms with Crippen LogP contribution in [0.15, 0.2) is 4.99 Å². The van der Waals surface area contributed by atoms with Gasteiger partial charge in [0.1, 0.15) is 0 Å². The summed E-state index contributed by atoms with van der Waals surface area (Å²) in [5.74, 6) is 2.61. The van der Waals surface area contributed by atoms with Crippen molar-refractivity contribution in [3.05, 3.63) is 0 Å². The van der Waals surface area contributed by atoms with E-state index in [9.17, 15) is 0 Å². The molecular formula is C14H25N3. The Kier molecular flexibility index (Phi) is 3.01. The molecule has 3 fully saturated rings. The van der Waals surface area contributed by atoms with Crippen molar-refractivity contribution in [2.45, 2.75) is 63.5 Å². The van der Waals surface area contributed by atoms with E-state index in [1.807, 2.05) is 0 Å². The minimum atomic E-state index is 0.555. The van der Waals surface area contributed by atoms with Crippen molar-refractivity contribution in [3.8, 4) is 0 Å². The van der Waals surface area contributed by atoms with Crippen LogP contribution in [0.4, 0.5) is 0 Å². The molecule has 0 aromatic rings. The highest BCUT2D eigenvalue weighted by Gasteiger charge is 2.43. The average Bonchev–Trinajstić information content (AvgIpc) is 3.23. The summed E-state index contributed by atoms with van der Waals surface area (Å²) in [6, 6.07) is 1.24. The second kappa shape index (κ2) is 4.51. The fraction of sp³-hybridized carbons (Fsp3) is 0.929. The van der Waals surface area contributed by atoms with E-state index in [0.29, 0.717) is 12.1 Å². The van der Waals surface area contributed by atoms with Crippen LogP contribution in [0.2, 0.25) is 0 Å². The first kappa shape index (κ1) is 11.4. The van der Waals surface area contributed by atoms with Crippen LogP contribution in [0.3, 0.4) is 0 Å². The molecule has 2 N–H and O–H groups in total. The van der Waals surface area contributed by atoms with Gasteiger partial charge in [-0.25, -0.2) is 4.99 Å². The monoisotopic (exact) mass is 235 g/mol. The van der Waals surface area contributed by atoms with Crippen molar-refractivity contribution < 1.29 is 0 Å². The molecule has 3 heteroatoms. The van der Waals surface area contributed by atoms with Gasteiger partial charge in [-0.15, -0.1) is 0 Å². The van der Waals surface area contributed by atoms with Gasteiger partial charge >= 0.3 is 0 Å². The zero-order chi connectivity index (χ0) is 11.8. The normalized spacial score (nSPS) is 34.8. The molecule has 0 heterocycles. The van der Waals surface area contributed by atoms with E-state index < -0.39 is 0 Å². The van der Waals surface area contributed by atoms with Crippen LogP contribution >= 0.6 is 0 Å². The quantitative estimate of drug-likeness (QED) is 0.602. The molecule has 2 atom stereocenters. The van der Waals surface area contributed by atoms with Gasteiger partial charge in [-0.3, -0.25) is 0 Å². The third-order valence-electron chi connectivity index (χ3n) is 4.81. The summed E-state index contributed by atoms with van der Waals surface area (Å²) in [5.41, 5.74) is 6.07. The van der Waals surface area contributed by atoms with Crippen LogP contribution in [0.1, 0.15) is 51.4 Å².